The second-order valence-electron chi connectivity index (χ2n) is 7.72. The van der Waals surface area contributed by atoms with E-state index in [0.717, 1.165) is 0 Å². The molecule has 0 saturated carbocycles. The molecule has 180 valence electrons. The molecule has 1 aliphatic carbocycles. The maximum absolute atomic E-state index is 12.5. The Morgan fingerprint density at radius 3 is 2.71 bits per heavy atom. The van der Waals surface area contributed by atoms with Gasteiger partial charge in [-0.2, -0.15) is 4.98 Å². The Morgan fingerprint density at radius 2 is 2.09 bits per heavy atom. The summed E-state index contributed by atoms with van der Waals surface area (Å²) in [7, 11) is 0. The summed E-state index contributed by atoms with van der Waals surface area (Å²) < 4.78 is 0. The largest absolute Gasteiger partial charge is 0.481 e. The van der Waals surface area contributed by atoms with Crippen molar-refractivity contribution in [1.82, 2.24) is 30.2 Å². The SMILES string of the molecule is Nc1nc2ncc(CN(C=O)C3=CC[C@@H](C(=O)N[C@@H](CCC(=O)O)C(=O)O)CC3)nc2c(=O)[nH]1. The molecular weight excluding hydrogens is 450 g/mol. The maximum atomic E-state index is 12.5. The van der Waals surface area contributed by atoms with Crippen LogP contribution < -0.4 is 16.6 Å². The van der Waals surface area contributed by atoms with Crippen molar-refractivity contribution in [3.8, 4) is 0 Å². The van der Waals surface area contributed by atoms with Gasteiger partial charge in [0.1, 0.15) is 6.04 Å². The number of H-pyrrole nitrogens is 1. The molecular formula is C20H23N7O7. The minimum atomic E-state index is -1.30. The van der Waals surface area contributed by atoms with Crippen molar-refractivity contribution in [2.24, 2.45) is 5.92 Å². The highest BCUT2D eigenvalue weighted by Crippen LogP contribution is 2.26. The molecule has 2 heterocycles. The predicted octanol–water partition coefficient (Wildman–Crippen LogP) is -0.628. The lowest BCUT2D eigenvalue weighted by Crippen LogP contribution is -2.44. The maximum Gasteiger partial charge on any atom is 0.326 e. The van der Waals surface area contributed by atoms with Gasteiger partial charge in [-0.25, -0.2) is 14.8 Å². The number of amides is 2. The number of aromatic nitrogens is 4. The van der Waals surface area contributed by atoms with E-state index < -0.39 is 35.4 Å². The smallest absolute Gasteiger partial charge is 0.326 e. The van der Waals surface area contributed by atoms with Gasteiger partial charge in [0.05, 0.1) is 18.4 Å². The quantitative estimate of drug-likeness (QED) is 0.273. The number of anilines is 1. The number of nitrogen functional groups attached to an aromatic ring is 1. The van der Waals surface area contributed by atoms with E-state index in [4.69, 9.17) is 10.8 Å². The highest BCUT2D eigenvalue weighted by molar-refractivity contribution is 5.85. The van der Waals surface area contributed by atoms with Gasteiger partial charge in [-0.15, -0.1) is 0 Å². The first-order valence-corrected chi connectivity index (χ1v) is 10.3. The number of nitrogens with one attached hydrogen (secondary N) is 2. The number of hydrogen-bond acceptors (Lipinski definition) is 9. The normalized spacial score (nSPS) is 16.4. The number of nitrogens with zero attached hydrogens (tertiary/aromatic N) is 4. The van der Waals surface area contributed by atoms with E-state index in [-0.39, 0.29) is 42.9 Å². The van der Waals surface area contributed by atoms with Crippen molar-refractivity contribution in [3.05, 3.63) is 34.0 Å². The molecule has 34 heavy (non-hydrogen) atoms. The summed E-state index contributed by atoms with van der Waals surface area (Å²) in [5.41, 5.74) is 5.99. The van der Waals surface area contributed by atoms with Gasteiger partial charge < -0.3 is 26.2 Å². The van der Waals surface area contributed by atoms with E-state index in [1.807, 2.05) is 0 Å². The van der Waals surface area contributed by atoms with E-state index in [1.54, 1.807) is 6.08 Å². The lowest BCUT2D eigenvalue weighted by atomic mass is 9.90. The topological polar surface area (TPSA) is 222 Å². The van der Waals surface area contributed by atoms with Crippen LogP contribution in [0.2, 0.25) is 0 Å². The van der Waals surface area contributed by atoms with Crippen LogP contribution in [0.25, 0.3) is 11.2 Å². The zero-order valence-corrected chi connectivity index (χ0v) is 17.9. The third kappa shape index (κ3) is 5.90. The molecule has 2 aromatic rings. The zero-order chi connectivity index (χ0) is 24.8. The Morgan fingerprint density at radius 1 is 1.32 bits per heavy atom. The molecule has 0 spiro atoms. The third-order valence-electron chi connectivity index (χ3n) is 5.33. The molecule has 6 N–H and O–H groups in total. The molecule has 0 bridgehead atoms. The fourth-order valence-electron chi connectivity index (χ4n) is 3.56. The number of carbonyl (C=O) groups is 4. The van der Waals surface area contributed by atoms with Crippen molar-refractivity contribution in [3.63, 3.8) is 0 Å². The van der Waals surface area contributed by atoms with E-state index in [0.29, 0.717) is 30.6 Å². The second kappa shape index (κ2) is 10.5. The van der Waals surface area contributed by atoms with E-state index in [1.165, 1.54) is 11.1 Å². The number of aromatic amines is 1. The highest BCUT2D eigenvalue weighted by atomic mass is 16.4. The minimum Gasteiger partial charge on any atom is -0.481 e. The Balaban J connectivity index is 1.65. The molecule has 2 amide bonds. The molecule has 0 radical (unpaired) electrons. The number of fused-ring (bicyclic) bond motifs is 1. The molecule has 0 saturated heterocycles. The van der Waals surface area contributed by atoms with Gasteiger partial charge in [0.15, 0.2) is 11.2 Å². The Kier molecular flexibility index (Phi) is 7.50. The third-order valence-corrected chi connectivity index (χ3v) is 5.33. The van der Waals surface area contributed by atoms with Gasteiger partial charge in [-0.1, -0.05) is 6.08 Å². The Bertz CT molecular complexity index is 1210. The van der Waals surface area contributed by atoms with Crippen molar-refractivity contribution < 1.29 is 29.4 Å². The van der Waals surface area contributed by atoms with E-state index in [9.17, 15) is 29.1 Å². The van der Waals surface area contributed by atoms with Crippen LogP contribution in [-0.2, 0) is 25.7 Å². The Labute approximate surface area is 191 Å². The van der Waals surface area contributed by atoms with Gasteiger partial charge in [-0.3, -0.25) is 24.2 Å². The molecule has 3 rings (SSSR count). The summed E-state index contributed by atoms with van der Waals surface area (Å²) in [5.74, 6) is -3.55. The number of carboxylic acid groups (broad SMARTS) is 2. The molecule has 1 aliphatic rings. The second-order valence-corrected chi connectivity index (χ2v) is 7.72. The fraction of sp³-hybridized carbons (Fsp3) is 0.400. The van der Waals surface area contributed by atoms with Gasteiger partial charge >= 0.3 is 11.9 Å². The molecule has 0 fully saturated rings. The molecule has 0 aromatic carbocycles. The standard InChI is InChI=1S/C20H23N7O7/c21-20-25-16-15(18(32)26-20)23-11(7-22-16)8-27(9-28)12-3-1-10(2-4-12)17(31)24-13(19(33)34)5-6-14(29)30/h3,7,9-10,13H,1-2,4-6,8H2,(H,24,31)(H,29,30)(H,33,34)(H3,21,22,25,26,32)/t10-,13+/m1/s1. The molecule has 0 aliphatic heterocycles. The first kappa shape index (κ1) is 24.3. The highest BCUT2D eigenvalue weighted by Gasteiger charge is 2.28. The van der Waals surface area contributed by atoms with Gasteiger partial charge in [0.2, 0.25) is 18.3 Å². The zero-order valence-electron chi connectivity index (χ0n) is 17.9. The van der Waals surface area contributed by atoms with E-state index >= 15 is 0 Å². The molecule has 2 aromatic heterocycles. The number of nitrogens with two attached hydrogens (primary N) is 1. The van der Waals surface area contributed by atoms with Gasteiger partial charge in [0.25, 0.3) is 5.56 Å². The van der Waals surface area contributed by atoms with Crippen molar-refractivity contribution >= 4 is 41.4 Å². The fourth-order valence-corrected chi connectivity index (χ4v) is 3.56. The molecule has 2 atom stereocenters. The van der Waals surface area contributed by atoms with Gasteiger partial charge in [-0.05, 0) is 25.7 Å². The number of allylic oxidation sites excluding steroid dienone is 2. The van der Waals surface area contributed by atoms with E-state index in [2.05, 4.69) is 25.3 Å². The molecule has 14 nitrogen and oxygen atoms in total. The minimum absolute atomic E-state index is 0.0113. The summed E-state index contributed by atoms with van der Waals surface area (Å²) in [6.07, 6.45) is 4.09. The van der Waals surface area contributed by atoms with Crippen LogP contribution in [0.1, 0.15) is 37.8 Å². The van der Waals surface area contributed by atoms with Crippen LogP contribution >= 0.6 is 0 Å². The number of aliphatic carboxylic acids is 2. The predicted molar refractivity (Wildman–Crippen MR) is 116 cm³/mol. The van der Waals surface area contributed by atoms with Crippen LogP contribution in [0.15, 0.2) is 22.8 Å². The first-order chi connectivity index (χ1) is 16.2. The van der Waals surface area contributed by atoms with Crippen molar-refractivity contribution in [2.75, 3.05) is 5.73 Å². The number of hydrogen-bond donors (Lipinski definition) is 5. The van der Waals surface area contributed by atoms with Crippen LogP contribution in [0.4, 0.5) is 5.95 Å². The average molecular weight is 473 g/mol. The van der Waals surface area contributed by atoms with Gasteiger partial charge in [0, 0.05) is 18.0 Å². The van der Waals surface area contributed by atoms with Crippen LogP contribution in [0.3, 0.4) is 0 Å². The molecule has 14 heteroatoms. The molecule has 0 unspecified atom stereocenters. The van der Waals surface area contributed by atoms with Crippen LogP contribution in [-0.4, -0.2) is 65.3 Å². The summed E-state index contributed by atoms with van der Waals surface area (Å²) in [5, 5.41) is 20.3. The summed E-state index contributed by atoms with van der Waals surface area (Å²) in [6.45, 7) is 0.0369. The number of carboxylic acids is 2. The number of rotatable bonds is 10. The lowest BCUT2D eigenvalue weighted by molar-refractivity contribution is -0.143. The number of carbonyl (C=O) groups excluding carboxylic acids is 2. The summed E-state index contributed by atoms with van der Waals surface area (Å²) in [4.78, 5) is 74.1. The Hall–Kier alpha value is -4.36. The van der Waals surface area contributed by atoms with Crippen LogP contribution in [0.5, 0.6) is 0 Å². The summed E-state index contributed by atoms with van der Waals surface area (Å²) >= 11 is 0. The lowest BCUT2D eigenvalue weighted by Gasteiger charge is -2.27. The van der Waals surface area contributed by atoms with Crippen molar-refractivity contribution in [1.29, 1.82) is 0 Å². The summed E-state index contributed by atoms with van der Waals surface area (Å²) in [6, 6.07) is -1.29. The average Bonchev–Trinajstić information content (AvgIpc) is 2.80. The van der Waals surface area contributed by atoms with Crippen LogP contribution in [0, 0.1) is 5.92 Å². The first-order valence-electron chi connectivity index (χ1n) is 10.3. The monoisotopic (exact) mass is 473 g/mol. The van der Waals surface area contributed by atoms with Crippen molar-refractivity contribution in [2.45, 2.75) is 44.7 Å².